The molecule has 0 N–H and O–H groups in total. The SMILES string of the molecule is c1ccc2c(c1)ccc1nc3ccc4ccccc4c3nc12. The summed E-state index contributed by atoms with van der Waals surface area (Å²) in [6.07, 6.45) is 0. The summed E-state index contributed by atoms with van der Waals surface area (Å²) in [7, 11) is 0. The molecule has 0 saturated heterocycles. The van der Waals surface area contributed by atoms with E-state index in [0.29, 0.717) is 0 Å². The Labute approximate surface area is 127 Å². The molecule has 1 heterocycles. The smallest absolute Gasteiger partial charge is 0.0973 e. The molecule has 0 aliphatic heterocycles. The fraction of sp³-hybridized carbons (Fsp3) is 0. The van der Waals surface area contributed by atoms with Crippen LogP contribution in [0.3, 0.4) is 0 Å². The standard InChI is InChI=1S/C20H12N2/c1-3-7-15-13(5-1)9-11-17-19(15)22-20-16-8-4-2-6-14(16)10-12-18(20)21-17/h1-12H. The second-order valence-electron chi connectivity index (χ2n) is 5.53. The molecule has 2 nitrogen and oxygen atoms in total. The van der Waals surface area contributed by atoms with E-state index in [0.717, 1.165) is 32.8 Å². The molecule has 0 saturated carbocycles. The number of rotatable bonds is 0. The Bertz CT molecular complexity index is 1080. The maximum atomic E-state index is 4.97. The van der Waals surface area contributed by atoms with Crippen LogP contribution >= 0.6 is 0 Å². The molecule has 5 aromatic rings. The predicted molar refractivity (Wildman–Crippen MR) is 92.1 cm³/mol. The summed E-state index contributed by atoms with van der Waals surface area (Å²) < 4.78 is 0. The van der Waals surface area contributed by atoms with E-state index in [2.05, 4.69) is 72.8 Å². The van der Waals surface area contributed by atoms with Gasteiger partial charge in [-0.05, 0) is 22.9 Å². The lowest BCUT2D eigenvalue weighted by atomic mass is 10.1. The minimum absolute atomic E-state index is 0.946. The lowest BCUT2D eigenvalue weighted by molar-refractivity contribution is 1.42. The van der Waals surface area contributed by atoms with E-state index in [-0.39, 0.29) is 0 Å². The molecule has 0 fully saturated rings. The van der Waals surface area contributed by atoms with Gasteiger partial charge in [0.05, 0.1) is 22.1 Å². The minimum Gasteiger partial charge on any atom is -0.244 e. The number of benzene rings is 4. The van der Waals surface area contributed by atoms with E-state index in [9.17, 15) is 0 Å². The van der Waals surface area contributed by atoms with Crippen LogP contribution in [0.25, 0.3) is 43.6 Å². The normalized spacial score (nSPS) is 11.6. The van der Waals surface area contributed by atoms with Gasteiger partial charge >= 0.3 is 0 Å². The molecule has 102 valence electrons. The van der Waals surface area contributed by atoms with Crippen molar-refractivity contribution in [3.63, 3.8) is 0 Å². The van der Waals surface area contributed by atoms with Gasteiger partial charge in [0.15, 0.2) is 0 Å². The van der Waals surface area contributed by atoms with Crippen molar-refractivity contribution >= 4 is 43.6 Å². The molecular formula is C20H12N2. The molecule has 0 spiro atoms. The lowest BCUT2D eigenvalue weighted by Crippen LogP contribution is -1.90. The highest BCUT2D eigenvalue weighted by atomic mass is 14.8. The molecule has 0 aliphatic rings. The van der Waals surface area contributed by atoms with Gasteiger partial charge in [0.2, 0.25) is 0 Å². The average Bonchev–Trinajstić information content (AvgIpc) is 2.60. The van der Waals surface area contributed by atoms with Gasteiger partial charge in [0.1, 0.15) is 0 Å². The van der Waals surface area contributed by atoms with Crippen molar-refractivity contribution in [1.82, 2.24) is 9.97 Å². The predicted octanol–water partition coefficient (Wildman–Crippen LogP) is 5.09. The molecular weight excluding hydrogens is 268 g/mol. The van der Waals surface area contributed by atoms with Crippen molar-refractivity contribution in [1.29, 1.82) is 0 Å². The van der Waals surface area contributed by atoms with E-state index < -0.39 is 0 Å². The number of fused-ring (bicyclic) bond motifs is 6. The van der Waals surface area contributed by atoms with E-state index in [4.69, 9.17) is 9.97 Å². The molecule has 0 unspecified atom stereocenters. The van der Waals surface area contributed by atoms with Crippen LogP contribution in [-0.2, 0) is 0 Å². The highest BCUT2D eigenvalue weighted by Crippen LogP contribution is 2.28. The molecule has 4 aromatic carbocycles. The quantitative estimate of drug-likeness (QED) is 0.292. The van der Waals surface area contributed by atoms with Gasteiger partial charge in [-0.25, -0.2) is 9.97 Å². The molecule has 0 atom stereocenters. The zero-order valence-corrected chi connectivity index (χ0v) is 11.8. The number of hydrogen-bond acceptors (Lipinski definition) is 2. The van der Waals surface area contributed by atoms with E-state index in [1.54, 1.807) is 0 Å². The topological polar surface area (TPSA) is 25.8 Å². The summed E-state index contributed by atoms with van der Waals surface area (Å²) in [5.41, 5.74) is 3.84. The fourth-order valence-corrected chi connectivity index (χ4v) is 3.14. The molecule has 0 radical (unpaired) electrons. The first-order valence-corrected chi connectivity index (χ1v) is 7.37. The van der Waals surface area contributed by atoms with Crippen LogP contribution in [0, 0.1) is 0 Å². The Kier molecular flexibility index (Phi) is 2.25. The first-order valence-electron chi connectivity index (χ1n) is 7.37. The summed E-state index contributed by atoms with van der Waals surface area (Å²) >= 11 is 0. The zero-order valence-electron chi connectivity index (χ0n) is 11.8. The van der Waals surface area contributed by atoms with Crippen molar-refractivity contribution < 1.29 is 0 Å². The van der Waals surface area contributed by atoms with Crippen LogP contribution in [0.4, 0.5) is 0 Å². The third-order valence-corrected chi connectivity index (χ3v) is 4.22. The van der Waals surface area contributed by atoms with Gasteiger partial charge in [-0.1, -0.05) is 60.7 Å². The first-order chi connectivity index (χ1) is 10.9. The van der Waals surface area contributed by atoms with Crippen molar-refractivity contribution in [2.45, 2.75) is 0 Å². The van der Waals surface area contributed by atoms with E-state index in [1.165, 1.54) is 10.8 Å². The first kappa shape index (κ1) is 11.6. The number of aromatic nitrogens is 2. The number of nitrogens with zero attached hydrogens (tertiary/aromatic N) is 2. The third kappa shape index (κ3) is 1.55. The molecule has 1 aromatic heterocycles. The van der Waals surface area contributed by atoms with Crippen molar-refractivity contribution in [3.8, 4) is 0 Å². The van der Waals surface area contributed by atoms with Gasteiger partial charge in [0.25, 0.3) is 0 Å². The zero-order chi connectivity index (χ0) is 14.5. The van der Waals surface area contributed by atoms with Gasteiger partial charge in [-0.3, -0.25) is 0 Å². The van der Waals surface area contributed by atoms with Gasteiger partial charge in [-0.2, -0.15) is 0 Å². The summed E-state index contributed by atoms with van der Waals surface area (Å²) in [4.78, 5) is 9.79. The van der Waals surface area contributed by atoms with Crippen LogP contribution in [-0.4, -0.2) is 9.97 Å². The van der Waals surface area contributed by atoms with Gasteiger partial charge in [-0.15, -0.1) is 0 Å². The largest absolute Gasteiger partial charge is 0.244 e. The van der Waals surface area contributed by atoms with E-state index in [1.807, 2.05) is 0 Å². The van der Waals surface area contributed by atoms with Gasteiger partial charge < -0.3 is 0 Å². The second-order valence-corrected chi connectivity index (χ2v) is 5.53. The fourth-order valence-electron chi connectivity index (χ4n) is 3.14. The Morgan fingerprint density at radius 3 is 1.50 bits per heavy atom. The summed E-state index contributed by atoms with van der Waals surface area (Å²) in [5.74, 6) is 0. The lowest BCUT2D eigenvalue weighted by Gasteiger charge is -2.07. The molecule has 0 amide bonds. The summed E-state index contributed by atoms with van der Waals surface area (Å²) in [6, 6.07) is 25.0. The minimum atomic E-state index is 0.946. The summed E-state index contributed by atoms with van der Waals surface area (Å²) in [5, 5.41) is 4.71. The maximum Gasteiger partial charge on any atom is 0.0973 e. The molecule has 0 aliphatic carbocycles. The second kappa shape index (κ2) is 4.25. The van der Waals surface area contributed by atoms with E-state index >= 15 is 0 Å². The highest BCUT2D eigenvalue weighted by molar-refractivity contribution is 6.10. The Morgan fingerprint density at radius 1 is 0.455 bits per heavy atom. The average molecular weight is 280 g/mol. The van der Waals surface area contributed by atoms with Crippen LogP contribution in [0.2, 0.25) is 0 Å². The maximum absolute atomic E-state index is 4.97. The van der Waals surface area contributed by atoms with Crippen LogP contribution < -0.4 is 0 Å². The molecule has 5 rings (SSSR count). The van der Waals surface area contributed by atoms with Crippen LogP contribution in [0.15, 0.2) is 72.8 Å². The summed E-state index contributed by atoms with van der Waals surface area (Å²) in [6.45, 7) is 0. The van der Waals surface area contributed by atoms with Crippen molar-refractivity contribution in [2.24, 2.45) is 0 Å². The molecule has 22 heavy (non-hydrogen) atoms. The molecule has 2 heteroatoms. The third-order valence-electron chi connectivity index (χ3n) is 4.22. The van der Waals surface area contributed by atoms with Gasteiger partial charge in [0, 0.05) is 10.8 Å². The molecule has 0 bridgehead atoms. The van der Waals surface area contributed by atoms with Crippen LogP contribution in [0.5, 0.6) is 0 Å². The Morgan fingerprint density at radius 2 is 0.955 bits per heavy atom. The van der Waals surface area contributed by atoms with Crippen molar-refractivity contribution in [2.75, 3.05) is 0 Å². The Balaban J connectivity index is 2.05. The number of hydrogen-bond donors (Lipinski definition) is 0. The van der Waals surface area contributed by atoms with Crippen LogP contribution in [0.1, 0.15) is 0 Å². The monoisotopic (exact) mass is 280 g/mol. The highest BCUT2D eigenvalue weighted by Gasteiger charge is 2.07. The van der Waals surface area contributed by atoms with Crippen molar-refractivity contribution in [3.05, 3.63) is 72.8 Å². The Hall–Kier alpha value is -3.00.